The van der Waals surface area contributed by atoms with Gasteiger partial charge in [0.25, 0.3) is 11.8 Å². The number of aryl methyl sites for hydroxylation is 4. The summed E-state index contributed by atoms with van der Waals surface area (Å²) in [7, 11) is -1.31. The quantitative estimate of drug-likeness (QED) is 0.0466. The van der Waals surface area contributed by atoms with E-state index in [1.165, 1.54) is 26.4 Å². The van der Waals surface area contributed by atoms with Gasteiger partial charge >= 0.3 is 7.82 Å². The molecule has 0 saturated heterocycles. The molecule has 4 heterocycles. The first-order valence-electron chi connectivity index (χ1n) is 19.2. The Morgan fingerprint density at radius 2 is 1.28 bits per heavy atom. The molecule has 0 radical (unpaired) electrons. The van der Waals surface area contributed by atoms with E-state index in [1.54, 1.807) is 62.7 Å². The van der Waals surface area contributed by atoms with Gasteiger partial charge in [-0.25, -0.2) is 14.5 Å². The third kappa shape index (κ3) is 9.70. The second kappa shape index (κ2) is 18.7. The van der Waals surface area contributed by atoms with Crippen molar-refractivity contribution in [1.29, 1.82) is 0 Å². The standard InChI is InChI=1S/C39H47N12O9P/c1-7-50-30(18-23(3)46-50)36(54)44-38-42-27-20-25(34(40)52)12-13-29(27)48(38)14-9-10-15-49-33-28(43-39(49)45-37(55)31-19-24(4)47-51(31)8-2)21-26(35(41)53)22-32(33)59-16-11-17-60-61(56,57-5)58-6/h9-10,12-13,18-22H,7-8,11,14-17H2,1-6H3,(H2,40,52)(H2,41,53)(H,42,44,54)(H,43,45,55)/b10-9+. The van der Waals surface area contributed by atoms with Crippen LogP contribution in [0.2, 0.25) is 0 Å². The van der Waals surface area contributed by atoms with E-state index < -0.39 is 31.5 Å². The van der Waals surface area contributed by atoms with Crippen molar-refractivity contribution in [2.45, 2.75) is 60.3 Å². The van der Waals surface area contributed by atoms with Gasteiger partial charge in [-0.05, 0) is 70.2 Å². The number of nitrogens with two attached hydrogens (primary N) is 2. The van der Waals surface area contributed by atoms with Gasteiger partial charge in [0.15, 0.2) is 0 Å². The van der Waals surface area contributed by atoms with Gasteiger partial charge in [0, 0.05) is 57.9 Å². The first-order valence-corrected chi connectivity index (χ1v) is 20.6. The Morgan fingerprint density at radius 1 is 0.738 bits per heavy atom. The molecule has 4 aromatic heterocycles. The van der Waals surface area contributed by atoms with Gasteiger partial charge in [0.1, 0.15) is 22.7 Å². The first-order chi connectivity index (χ1) is 29.2. The Labute approximate surface area is 349 Å². The Morgan fingerprint density at radius 3 is 1.84 bits per heavy atom. The maximum atomic E-state index is 13.7. The van der Waals surface area contributed by atoms with Crippen molar-refractivity contribution >= 4 is 65.4 Å². The zero-order valence-electron chi connectivity index (χ0n) is 34.5. The topological polar surface area (TPSA) is 270 Å². The van der Waals surface area contributed by atoms with Crippen molar-refractivity contribution in [2.75, 3.05) is 38.1 Å². The zero-order valence-corrected chi connectivity index (χ0v) is 35.4. The minimum absolute atomic E-state index is 0.0391. The van der Waals surface area contributed by atoms with Crippen LogP contribution in [-0.4, -0.2) is 89.7 Å². The van der Waals surface area contributed by atoms with Gasteiger partial charge in [0.05, 0.1) is 41.2 Å². The highest BCUT2D eigenvalue weighted by atomic mass is 31.2. The van der Waals surface area contributed by atoms with E-state index >= 15 is 0 Å². The minimum Gasteiger partial charge on any atom is -0.491 e. The summed E-state index contributed by atoms with van der Waals surface area (Å²) in [6.07, 6.45) is 3.89. The van der Waals surface area contributed by atoms with Crippen LogP contribution in [0.4, 0.5) is 11.9 Å². The SMILES string of the molecule is CCn1nc(C)cc1C(=O)Nc1nc2cc(C(N)=O)ccc2n1C/C=C/Cn1c(NC(=O)c2cc(C)nn2CC)nc2cc(C(N)=O)cc(OCCCOP(=O)(OC)OC)c21. The third-order valence-corrected chi connectivity index (χ3v) is 10.8. The van der Waals surface area contributed by atoms with Crippen molar-refractivity contribution in [3.8, 4) is 5.75 Å². The van der Waals surface area contributed by atoms with E-state index in [4.69, 9.17) is 34.8 Å². The van der Waals surface area contributed by atoms with E-state index in [1.807, 2.05) is 26.0 Å². The maximum absolute atomic E-state index is 13.7. The number of ether oxygens (including phenoxy) is 1. The fourth-order valence-electron chi connectivity index (χ4n) is 6.55. The predicted molar refractivity (Wildman–Crippen MR) is 225 cm³/mol. The van der Waals surface area contributed by atoms with Crippen LogP contribution in [0, 0.1) is 13.8 Å². The number of phosphoric ester groups is 1. The number of fused-ring (bicyclic) bond motifs is 2. The molecule has 22 heteroatoms. The molecule has 0 aliphatic heterocycles. The third-order valence-electron chi connectivity index (χ3n) is 9.43. The molecule has 6 N–H and O–H groups in total. The largest absolute Gasteiger partial charge is 0.491 e. The number of anilines is 2. The van der Waals surface area contributed by atoms with Crippen LogP contribution in [0.15, 0.2) is 54.6 Å². The zero-order chi connectivity index (χ0) is 44.0. The summed E-state index contributed by atoms with van der Waals surface area (Å²) in [5.41, 5.74) is 15.4. The Kier molecular flexibility index (Phi) is 13.5. The molecular formula is C39H47N12O9P. The van der Waals surface area contributed by atoms with Crippen LogP contribution in [0.25, 0.3) is 22.1 Å². The Bertz CT molecular complexity index is 2700. The number of rotatable bonds is 20. The van der Waals surface area contributed by atoms with Crippen LogP contribution in [0.1, 0.15) is 73.3 Å². The molecule has 0 aliphatic rings. The summed E-state index contributed by atoms with van der Waals surface area (Å²) in [6.45, 7) is 8.56. The van der Waals surface area contributed by atoms with Crippen LogP contribution < -0.4 is 26.8 Å². The molecule has 6 aromatic rings. The van der Waals surface area contributed by atoms with Crippen LogP contribution in [0.5, 0.6) is 5.75 Å². The van der Waals surface area contributed by atoms with E-state index in [2.05, 4.69) is 25.8 Å². The number of phosphoric acid groups is 1. The molecule has 0 fully saturated rings. The smallest absolute Gasteiger partial charge is 0.474 e. The molecule has 0 bridgehead atoms. The van der Waals surface area contributed by atoms with E-state index in [-0.39, 0.29) is 61.5 Å². The number of nitrogens with zero attached hydrogens (tertiary/aromatic N) is 8. The number of imidazole rings is 2. The summed E-state index contributed by atoms with van der Waals surface area (Å²) >= 11 is 0. The second-order valence-electron chi connectivity index (χ2n) is 13.6. The molecular weight excluding hydrogens is 811 g/mol. The highest BCUT2D eigenvalue weighted by Gasteiger charge is 2.24. The summed E-state index contributed by atoms with van der Waals surface area (Å²) in [4.78, 5) is 61.1. The van der Waals surface area contributed by atoms with Crippen molar-refractivity contribution in [3.05, 3.63) is 88.5 Å². The van der Waals surface area contributed by atoms with E-state index in [0.29, 0.717) is 57.9 Å². The van der Waals surface area contributed by atoms with Crippen molar-refractivity contribution in [1.82, 2.24) is 38.7 Å². The van der Waals surface area contributed by atoms with Gasteiger partial charge in [0.2, 0.25) is 23.7 Å². The number of allylic oxidation sites excluding steroid dienone is 2. The fraction of sp³-hybridized carbons (Fsp3) is 0.333. The molecule has 6 rings (SSSR count). The number of amides is 4. The number of hydrogen-bond acceptors (Lipinski definition) is 13. The second-order valence-corrected chi connectivity index (χ2v) is 15.4. The fourth-order valence-corrected chi connectivity index (χ4v) is 7.26. The van der Waals surface area contributed by atoms with E-state index in [9.17, 15) is 23.7 Å². The Hall–Kier alpha value is -6.67. The minimum atomic E-state index is -3.72. The summed E-state index contributed by atoms with van der Waals surface area (Å²) < 4.78 is 40.0. The number of carbonyl (C=O) groups is 4. The summed E-state index contributed by atoms with van der Waals surface area (Å²) in [5.74, 6) is -1.70. The molecule has 0 unspecified atom stereocenters. The first kappa shape index (κ1) is 43.9. The van der Waals surface area contributed by atoms with E-state index in [0.717, 1.165) is 0 Å². The van der Waals surface area contributed by atoms with Crippen molar-refractivity contribution in [2.24, 2.45) is 11.5 Å². The molecule has 0 saturated carbocycles. The average molecular weight is 859 g/mol. The number of hydrogen-bond donors (Lipinski definition) is 4. The molecule has 21 nitrogen and oxygen atoms in total. The number of nitrogens with one attached hydrogen (secondary N) is 2. The van der Waals surface area contributed by atoms with Crippen molar-refractivity contribution in [3.63, 3.8) is 0 Å². The lowest BCUT2D eigenvalue weighted by Crippen LogP contribution is -2.20. The molecule has 0 atom stereocenters. The molecule has 0 spiro atoms. The normalized spacial score (nSPS) is 11.8. The van der Waals surface area contributed by atoms with Gasteiger partial charge in [-0.3, -0.25) is 52.7 Å². The lowest BCUT2D eigenvalue weighted by molar-refractivity contribution is 0.0991. The van der Waals surface area contributed by atoms with Gasteiger partial charge in [-0.2, -0.15) is 10.2 Å². The maximum Gasteiger partial charge on any atom is 0.474 e. The van der Waals surface area contributed by atoms with Crippen LogP contribution in [0.3, 0.4) is 0 Å². The number of carbonyl (C=O) groups excluding carboxylic acids is 4. The molecule has 61 heavy (non-hydrogen) atoms. The molecule has 2 aromatic carbocycles. The Balaban J connectivity index is 1.36. The highest BCUT2D eigenvalue weighted by Crippen LogP contribution is 2.47. The number of benzene rings is 2. The predicted octanol–water partition coefficient (Wildman–Crippen LogP) is 4.58. The monoisotopic (exact) mass is 858 g/mol. The highest BCUT2D eigenvalue weighted by molar-refractivity contribution is 7.48. The number of aromatic nitrogens is 8. The lowest BCUT2D eigenvalue weighted by Gasteiger charge is -2.14. The van der Waals surface area contributed by atoms with Crippen LogP contribution >= 0.6 is 7.82 Å². The van der Waals surface area contributed by atoms with Crippen molar-refractivity contribution < 1.29 is 42.1 Å². The lowest BCUT2D eigenvalue weighted by atomic mass is 10.1. The molecule has 4 amide bonds. The van der Waals surface area contributed by atoms with Gasteiger partial charge < -0.3 is 25.3 Å². The van der Waals surface area contributed by atoms with Gasteiger partial charge in [-0.1, -0.05) is 12.2 Å². The van der Waals surface area contributed by atoms with Crippen LogP contribution in [-0.2, 0) is 44.3 Å². The molecule has 0 aliphatic carbocycles. The average Bonchev–Trinajstić information content (AvgIpc) is 4.00. The summed E-state index contributed by atoms with van der Waals surface area (Å²) in [5, 5.41) is 14.6. The van der Waals surface area contributed by atoms with Gasteiger partial charge in [-0.15, -0.1) is 0 Å². The molecule has 322 valence electrons. The summed E-state index contributed by atoms with van der Waals surface area (Å²) in [6, 6.07) is 11.1. The number of primary amides is 2.